The van der Waals surface area contributed by atoms with Crippen LogP contribution in [0.4, 0.5) is 0 Å². The first kappa shape index (κ1) is 17.1. The molecule has 0 saturated carbocycles. The molecule has 3 N–H and O–H groups in total. The molecule has 1 aromatic heterocycles. The Morgan fingerprint density at radius 2 is 2.17 bits per heavy atom. The van der Waals surface area contributed by atoms with Crippen LogP contribution in [0.2, 0.25) is 0 Å². The van der Waals surface area contributed by atoms with Crippen molar-refractivity contribution in [3.63, 3.8) is 0 Å². The van der Waals surface area contributed by atoms with Crippen LogP contribution in [0.3, 0.4) is 0 Å². The summed E-state index contributed by atoms with van der Waals surface area (Å²) in [5.74, 6) is 1.44. The molecule has 128 valence electrons. The van der Waals surface area contributed by atoms with Gasteiger partial charge < -0.3 is 11.1 Å². The standard InChI is InChI=1S/C17H22BrN5O/c1-3-14-21-15-13(5-4-10-23(15)22-14)20-16(24)17(2,19)11-6-8-12(18)9-7-11/h6-9,13H,3-5,10,19H2,1-2H3,(H,20,24). The van der Waals surface area contributed by atoms with Crippen molar-refractivity contribution in [1.82, 2.24) is 20.1 Å². The summed E-state index contributed by atoms with van der Waals surface area (Å²) in [6.45, 7) is 4.61. The lowest BCUT2D eigenvalue weighted by Gasteiger charge is -2.29. The fourth-order valence-electron chi connectivity index (χ4n) is 2.92. The van der Waals surface area contributed by atoms with Gasteiger partial charge in [-0.3, -0.25) is 4.79 Å². The topological polar surface area (TPSA) is 85.8 Å². The van der Waals surface area contributed by atoms with Crippen LogP contribution in [0.25, 0.3) is 0 Å². The summed E-state index contributed by atoms with van der Waals surface area (Å²) in [7, 11) is 0. The molecule has 0 spiro atoms. The highest BCUT2D eigenvalue weighted by Gasteiger charge is 2.34. The van der Waals surface area contributed by atoms with Crippen molar-refractivity contribution in [2.45, 2.75) is 51.2 Å². The number of aromatic nitrogens is 3. The highest BCUT2D eigenvalue weighted by Crippen LogP contribution is 2.26. The maximum atomic E-state index is 12.8. The van der Waals surface area contributed by atoms with E-state index in [2.05, 4.69) is 31.3 Å². The average molecular weight is 392 g/mol. The predicted octanol–water partition coefficient (Wildman–Crippen LogP) is 2.43. The van der Waals surface area contributed by atoms with Gasteiger partial charge in [0.05, 0.1) is 6.04 Å². The van der Waals surface area contributed by atoms with Gasteiger partial charge in [-0.1, -0.05) is 35.0 Å². The number of rotatable bonds is 4. The number of hydrogen-bond acceptors (Lipinski definition) is 4. The minimum atomic E-state index is -1.10. The third kappa shape index (κ3) is 3.23. The van der Waals surface area contributed by atoms with Crippen LogP contribution < -0.4 is 11.1 Å². The number of halogens is 1. The Bertz CT molecular complexity index is 738. The smallest absolute Gasteiger partial charge is 0.244 e. The highest BCUT2D eigenvalue weighted by molar-refractivity contribution is 9.10. The van der Waals surface area contributed by atoms with Crippen LogP contribution in [0, 0.1) is 0 Å². The molecule has 0 aliphatic carbocycles. The second-order valence-corrected chi connectivity index (χ2v) is 7.26. The van der Waals surface area contributed by atoms with Crippen molar-refractivity contribution in [3.05, 3.63) is 46.0 Å². The summed E-state index contributed by atoms with van der Waals surface area (Å²) in [5.41, 5.74) is 6.00. The first-order valence-electron chi connectivity index (χ1n) is 8.21. The molecule has 3 rings (SSSR count). The second-order valence-electron chi connectivity index (χ2n) is 6.34. The zero-order valence-electron chi connectivity index (χ0n) is 13.9. The van der Waals surface area contributed by atoms with Crippen LogP contribution in [-0.4, -0.2) is 20.7 Å². The molecule has 1 aromatic carbocycles. The van der Waals surface area contributed by atoms with E-state index in [1.165, 1.54) is 0 Å². The van der Waals surface area contributed by atoms with Crippen molar-refractivity contribution in [2.24, 2.45) is 5.73 Å². The SMILES string of the molecule is CCc1nc2n(n1)CCCC2NC(=O)C(C)(N)c1ccc(Br)cc1. The molecule has 2 unspecified atom stereocenters. The third-order valence-corrected chi connectivity index (χ3v) is 4.98. The molecular weight excluding hydrogens is 370 g/mol. The number of carbonyl (C=O) groups excluding carboxylic acids is 1. The van der Waals surface area contributed by atoms with Crippen molar-refractivity contribution in [2.75, 3.05) is 0 Å². The molecule has 1 aliphatic rings. The van der Waals surface area contributed by atoms with E-state index in [0.717, 1.165) is 47.5 Å². The lowest BCUT2D eigenvalue weighted by atomic mass is 9.91. The molecule has 1 amide bonds. The van der Waals surface area contributed by atoms with E-state index in [1.54, 1.807) is 6.92 Å². The van der Waals surface area contributed by atoms with Crippen molar-refractivity contribution >= 4 is 21.8 Å². The summed E-state index contributed by atoms with van der Waals surface area (Å²) in [6.07, 6.45) is 2.60. The number of benzene rings is 1. The van der Waals surface area contributed by atoms with E-state index in [1.807, 2.05) is 35.9 Å². The number of carbonyl (C=O) groups is 1. The van der Waals surface area contributed by atoms with Crippen LogP contribution in [-0.2, 0) is 23.3 Å². The van der Waals surface area contributed by atoms with Gasteiger partial charge >= 0.3 is 0 Å². The fraction of sp³-hybridized carbons (Fsp3) is 0.471. The van der Waals surface area contributed by atoms with Crippen molar-refractivity contribution < 1.29 is 4.79 Å². The Kier molecular flexibility index (Phi) is 4.73. The van der Waals surface area contributed by atoms with Gasteiger partial charge in [-0.15, -0.1) is 0 Å². The molecule has 0 radical (unpaired) electrons. The molecule has 0 bridgehead atoms. The van der Waals surface area contributed by atoms with Gasteiger partial charge in [0.2, 0.25) is 5.91 Å². The maximum absolute atomic E-state index is 12.8. The summed E-state index contributed by atoms with van der Waals surface area (Å²) in [5, 5.41) is 7.54. The number of amides is 1. The first-order chi connectivity index (χ1) is 11.4. The molecule has 1 aliphatic heterocycles. The summed E-state index contributed by atoms with van der Waals surface area (Å²) >= 11 is 3.40. The van der Waals surface area contributed by atoms with Crippen LogP contribution in [0.15, 0.2) is 28.7 Å². The molecule has 0 fully saturated rings. The van der Waals surface area contributed by atoms with Gasteiger partial charge in [0.1, 0.15) is 11.4 Å². The molecule has 0 saturated heterocycles. The van der Waals surface area contributed by atoms with Crippen molar-refractivity contribution in [3.8, 4) is 0 Å². The van der Waals surface area contributed by atoms with Gasteiger partial charge in [-0.25, -0.2) is 9.67 Å². The largest absolute Gasteiger partial charge is 0.344 e. The van der Waals surface area contributed by atoms with Crippen molar-refractivity contribution in [1.29, 1.82) is 0 Å². The molecular formula is C17H22BrN5O. The van der Waals surface area contributed by atoms with E-state index in [4.69, 9.17) is 5.73 Å². The Morgan fingerprint density at radius 3 is 2.83 bits per heavy atom. The van der Waals surface area contributed by atoms with E-state index in [9.17, 15) is 4.79 Å². The number of fused-ring (bicyclic) bond motifs is 1. The Morgan fingerprint density at radius 1 is 1.46 bits per heavy atom. The number of nitrogens with two attached hydrogens (primary N) is 1. The van der Waals surface area contributed by atoms with Crippen LogP contribution >= 0.6 is 15.9 Å². The zero-order chi connectivity index (χ0) is 17.3. The maximum Gasteiger partial charge on any atom is 0.244 e. The lowest BCUT2D eigenvalue weighted by molar-refractivity contribution is -0.127. The Balaban J connectivity index is 1.80. The molecule has 6 nitrogen and oxygen atoms in total. The molecule has 7 heteroatoms. The summed E-state index contributed by atoms with van der Waals surface area (Å²) in [6, 6.07) is 7.36. The van der Waals surface area contributed by atoms with E-state index < -0.39 is 5.54 Å². The average Bonchev–Trinajstić information content (AvgIpc) is 2.99. The van der Waals surface area contributed by atoms with Gasteiger partial charge in [0, 0.05) is 17.4 Å². The summed E-state index contributed by atoms with van der Waals surface area (Å²) < 4.78 is 2.86. The molecule has 24 heavy (non-hydrogen) atoms. The molecule has 2 aromatic rings. The lowest BCUT2D eigenvalue weighted by Crippen LogP contribution is -2.50. The van der Waals surface area contributed by atoms with E-state index >= 15 is 0 Å². The fourth-order valence-corrected chi connectivity index (χ4v) is 3.19. The van der Waals surface area contributed by atoms with E-state index in [0.29, 0.717) is 0 Å². The monoisotopic (exact) mass is 391 g/mol. The van der Waals surface area contributed by atoms with Gasteiger partial charge in [0.25, 0.3) is 0 Å². The second kappa shape index (κ2) is 6.64. The molecule has 2 heterocycles. The minimum absolute atomic E-state index is 0.141. The zero-order valence-corrected chi connectivity index (χ0v) is 15.5. The predicted molar refractivity (Wildman–Crippen MR) is 95.2 cm³/mol. The number of nitrogens with one attached hydrogen (secondary N) is 1. The van der Waals surface area contributed by atoms with E-state index in [-0.39, 0.29) is 11.9 Å². The van der Waals surface area contributed by atoms with Crippen LogP contribution in [0.1, 0.15) is 49.9 Å². The Labute approximate surface area is 150 Å². The van der Waals surface area contributed by atoms with Gasteiger partial charge in [0.15, 0.2) is 5.82 Å². The first-order valence-corrected chi connectivity index (χ1v) is 9.00. The van der Waals surface area contributed by atoms with Crippen LogP contribution in [0.5, 0.6) is 0 Å². The molecule has 2 atom stereocenters. The Hall–Kier alpha value is -1.73. The highest BCUT2D eigenvalue weighted by atomic mass is 79.9. The third-order valence-electron chi connectivity index (χ3n) is 4.46. The minimum Gasteiger partial charge on any atom is -0.344 e. The number of hydrogen-bond donors (Lipinski definition) is 2. The van der Waals surface area contributed by atoms with Gasteiger partial charge in [-0.2, -0.15) is 5.10 Å². The summed E-state index contributed by atoms with van der Waals surface area (Å²) in [4.78, 5) is 17.4. The normalized spacial score (nSPS) is 19.4. The number of nitrogens with zero attached hydrogens (tertiary/aromatic N) is 3. The quantitative estimate of drug-likeness (QED) is 0.837. The number of aryl methyl sites for hydroxylation is 2. The van der Waals surface area contributed by atoms with Gasteiger partial charge in [-0.05, 0) is 37.5 Å².